The lowest BCUT2D eigenvalue weighted by molar-refractivity contribution is 0.0496. The lowest BCUT2D eigenvalue weighted by atomic mass is 10.2. The van der Waals surface area contributed by atoms with Crippen molar-refractivity contribution >= 4 is 22.0 Å². The SMILES string of the molecule is CC(C)(C)OC(=O)NC1CCOc2c(Br)cnn2C1. The van der Waals surface area contributed by atoms with E-state index < -0.39 is 11.7 Å². The summed E-state index contributed by atoms with van der Waals surface area (Å²) in [5.41, 5.74) is -0.495. The molecule has 7 heteroatoms. The molecule has 0 spiro atoms. The van der Waals surface area contributed by atoms with E-state index in [2.05, 4.69) is 26.3 Å². The number of alkyl carbamates (subject to hydrolysis) is 1. The molecule has 2 heterocycles. The van der Waals surface area contributed by atoms with Crippen LogP contribution < -0.4 is 10.1 Å². The minimum atomic E-state index is -0.495. The van der Waals surface area contributed by atoms with Gasteiger partial charge in [-0.3, -0.25) is 0 Å². The van der Waals surface area contributed by atoms with E-state index in [0.29, 0.717) is 19.0 Å². The number of aromatic nitrogens is 2. The third-order valence-electron chi connectivity index (χ3n) is 2.57. The van der Waals surface area contributed by atoms with Gasteiger partial charge in [0.1, 0.15) is 5.60 Å². The van der Waals surface area contributed by atoms with E-state index >= 15 is 0 Å². The molecule has 1 atom stereocenters. The molecule has 0 fully saturated rings. The van der Waals surface area contributed by atoms with Crippen LogP contribution in [0.25, 0.3) is 0 Å². The quantitative estimate of drug-likeness (QED) is 0.857. The minimum absolute atomic E-state index is 0.0529. The molecule has 1 aliphatic heterocycles. The molecule has 0 bridgehead atoms. The van der Waals surface area contributed by atoms with Gasteiger partial charge in [-0.1, -0.05) is 0 Å². The molecule has 1 unspecified atom stereocenters. The fourth-order valence-electron chi connectivity index (χ4n) is 1.81. The van der Waals surface area contributed by atoms with E-state index in [1.54, 1.807) is 10.9 Å². The number of hydrogen-bond donors (Lipinski definition) is 1. The van der Waals surface area contributed by atoms with Crippen LogP contribution in [-0.4, -0.2) is 34.1 Å². The number of halogens is 1. The first-order valence-electron chi connectivity index (χ1n) is 6.19. The zero-order valence-electron chi connectivity index (χ0n) is 11.3. The number of carbonyl (C=O) groups excluding carboxylic acids is 1. The van der Waals surface area contributed by atoms with E-state index in [1.807, 2.05) is 20.8 Å². The molecule has 1 N–H and O–H groups in total. The van der Waals surface area contributed by atoms with E-state index in [1.165, 1.54) is 0 Å². The van der Waals surface area contributed by atoms with Gasteiger partial charge in [-0.2, -0.15) is 5.10 Å². The van der Waals surface area contributed by atoms with Crippen molar-refractivity contribution in [1.82, 2.24) is 15.1 Å². The molecule has 0 aliphatic carbocycles. The van der Waals surface area contributed by atoms with Crippen LogP contribution in [0.2, 0.25) is 0 Å². The normalized spacial score (nSPS) is 19.1. The van der Waals surface area contributed by atoms with Crippen molar-refractivity contribution in [3.8, 4) is 5.88 Å². The molecule has 2 rings (SSSR count). The summed E-state index contributed by atoms with van der Waals surface area (Å²) in [6, 6.07) is -0.0529. The molecule has 106 valence electrons. The highest BCUT2D eigenvalue weighted by Crippen LogP contribution is 2.26. The largest absolute Gasteiger partial charge is 0.477 e. The molecule has 0 radical (unpaired) electrons. The second-order valence-corrected chi connectivity index (χ2v) is 6.31. The van der Waals surface area contributed by atoms with Gasteiger partial charge in [-0.15, -0.1) is 0 Å². The Morgan fingerprint density at radius 2 is 2.37 bits per heavy atom. The van der Waals surface area contributed by atoms with Crippen LogP contribution in [-0.2, 0) is 11.3 Å². The van der Waals surface area contributed by atoms with Gasteiger partial charge in [0.05, 0.1) is 29.9 Å². The predicted molar refractivity (Wildman–Crippen MR) is 73.2 cm³/mol. The van der Waals surface area contributed by atoms with Crippen molar-refractivity contribution in [2.75, 3.05) is 6.61 Å². The molecular formula is C12H18BrN3O3. The zero-order valence-corrected chi connectivity index (χ0v) is 12.9. The number of ether oxygens (including phenoxy) is 2. The summed E-state index contributed by atoms with van der Waals surface area (Å²) in [4.78, 5) is 11.7. The molecule has 1 aromatic heterocycles. The summed E-state index contributed by atoms with van der Waals surface area (Å²) in [5, 5.41) is 7.05. The highest BCUT2D eigenvalue weighted by molar-refractivity contribution is 9.10. The molecular weight excluding hydrogens is 314 g/mol. The van der Waals surface area contributed by atoms with Gasteiger partial charge in [0, 0.05) is 6.42 Å². The first kappa shape index (κ1) is 14.2. The summed E-state index contributed by atoms with van der Waals surface area (Å²) in [6.07, 6.45) is 1.99. The Bertz CT molecular complexity index is 467. The average Bonchev–Trinajstić information content (AvgIpc) is 2.49. The van der Waals surface area contributed by atoms with Crippen LogP contribution >= 0.6 is 15.9 Å². The number of carbonyl (C=O) groups is 1. The van der Waals surface area contributed by atoms with Gasteiger partial charge < -0.3 is 14.8 Å². The van der Waals surface area contributed by atoms with Crippen molar-refractivity contribution in [2.24, 2.45) is 0 Å². The summed E-state index contributed by atoms with van der Waals surface area (Å²) in [6.45, 7) is 6.62. The number of nitrogens with zero attached hydrogens (tertiary/aromatic N) is 2. The minimum Gasteiger partial charge on any atom is -0.477 e. The van der Waals surface area contributed by atoms with Crippen LogP contribution in [0.3, 0.4) is 0 Å². The molecule has 0 saturated carbocycles. The third kappa shape index (κ3) is 3.86. The number of fused-ring (bicyclic) bond motifs is 1. The topological polar surface area (TPSA) is 65.4 Å². The van der Waals surface area contributed by atoms with Gasteiger partial charge in [0.2, 0.25) is 5.88 Å². The summed E-state index contributed by atoms with van der Waals surface area (Å²) >= 11 is 3.38. The first-order valence-corrected chi connectivity index (χ1v) is 6.98. The number of nitrogens with one attached hydrogen (secondary N) is 1. The Morgan fingerprint density at radius 1 is 1.63 bits per heavy atom. The molecule has 1 amide bonds. The van der Waals surface area contributed by atoms with Crippen LogP contribution in [0.4, 0.5) is 4.79 Å². The van der Waals surface area contributed by atoms with E-state index in [4.69, 9.17) is 9.47 Å². The number of rotatable bonds is 1. The maximum absolute atomic E-state index is 11.7. The van der Waals surface area contributed by atoms with E-state index in [-0.39, 0.29) is 6.04 Å². The van der Waals surface area contributed by atoms with Crippen LogP contribution in [0.1, 0.15) is 27.2 Å². The van der Waals surface area contributed by atoms with Crippen molar-refractivity contribution < 1.29 is 14.3 Å². The molecule has 1 aromatic rings. The smallest absolute Gasteiger partial charge is 0.407 e. The molecule has 0 saturated heterocycles. The highest BCUT2D eigenvalue weighted by Gasteiger charge is 2.24. The fourth-order valence-corrected chi connectivity index (χ4v) is 2.23. The lowest BCUT2D eigenvalue weighted by Gasteiger charge is -2.22. The van der Waals surface area contributed by atoms with Gasteiger partial charge in [0.25, 0.3) is 0 Å². The molecule has 6 nitrogen and oxygen atoms in total. The predicted octanol–water partition coefficient (Wildman–Crippen LogP) is 2.32. The Kier molecular flexibility index (Phi) is 4.03. The van der Waals surface area contributed by atoms with E-state index in [9.17, 15) is 4.79 Å². The average molecular weight is 332 g/mol. The fraction of sp³-hybridized carbons (Fsp3) is 0.667. The summed E-state index contributed by atoms with van der Waals surface area (Å²) in [5.74, 6) is 0.702. The second kappa shape index (κ2) is 5.40. The van der Waals surface area contributed by atoms with Crippen molar-refractivity contribution in [2.45, 2.75) is 45.4 Å². The first-order chi connectivity index (χ1) is 8.85. The summed E-state index contributed by atoms with van der Waals surface area (Å²) in [7, 11) is 0. The summed E-state index contributed by atoms with van der Waals surface area (Å²) < 4.78 is 13.4. The monoisotopic (exact) mass is 331 g/mol. The van der Waals surface area contributed by atoms with Gasteiger partial charge in [-0.05, 0) is 36.7 Å². The second-order valence-electron chi connectivity index (χ2n) is 5.46. The van der Waals surface area contributed by atoms with Crippen molar-refractivity contribution in [1.29, 1.82) is 0 Å². The Morgan fingerprint density at radius 3 is 3.05 bits per heavy atom. The van der Waals surface area contributed by atoms with Crippen LogP contribution in [0.5, 0.6) is 5.88 Å². The van der Waals surface area contributed by atoms with E-state index in [0.717, 1.165) is 10.9 Å². The maximum Gasteiger partial charge on any atom is 0.407 e. The van der Waals surface area contributed by atoms with Crippen LogP contribution in [0, 0.1) is 0 Å². The number of amides is 1. The van der Waals surface area contributed by atoms with Gasteiger partial charge in [-0.25, -0.2) is 9.48 Å². The molecule has 1 aliphatic rings. The Labute approximate surface area is 120 Å². The van der Waals surface area contributed by atoms with Gasteiger partial charge in [0.15, 0.2) is 0 Å². The van der Waals surface area contributed by atoms with Crippen LogP contribution in [0.15, 0.2) is 10.7 Å². The maximum atomic E-state index is 11.7. The van der Waals surface area contributed by atoms with Gasteiger partial charge >= 0.3 is 6.09 Å². The van der Waals surface area contributed by atoms with Crippen molar-refractivity contribution in [3.63, 3.8) is 0 Å². The molecule has 19 heavy (non-hydrogen) atoms. The Hall–Kier alpha value is -1.24. The third-order valence-corrected chi connectivity index (χ3v) is 3.11. The standard InChI is InChI=1S/C12H18BrN3O3/c1-12(2,3)19-11(17)15-8-4-5-18-10-9(13)6-14-16(10)7-8/h6,8H,4-5,7H2,1-3H3,(H,15,17). The Balaban J connectivity index is 1.97. The zero-order chi connectivity index (χ0) is 14.0. The number of hydrogen-bond acceptors (Lipinski definition) is 4. The lowest BCUT2D eigenvalue weighted by Crippen LogP contribution is -2.41. The highest BCUT2D eigenvalue weighted by atomic mass is 79.9. The molecule has 0 aromatic carbocycles. The van der Waals surface area contributed by atoms with Crippen molar-refractivity contribution in [3.05, 3.63) is 10.7 Å².